The topological polar surface area (TPSA) is 50.1 Å². The average molecular weight is 421 g/mol. The Labute approximate surface area is 182 Å². The maximum Gasteiger partial charge on any atom is 0.173 e. The van der Waals surface area contributed by atoms with Crippen molar-refractivity contribution in [2.24, 2.45) is 0 Å². The molecular weight excluding hydrogens is 391 g/mol. The van der Waals surface area contributed by atoms with Gasteiger partial charge in [0.1, 0.15) is 5.82 Å². The molecule has 2 fully saturated rings. The lowest BCUT2D eigenvalue weighted by atomic mass is 10.0. The zero-order valence-electron chi connectivity index (χ0n) is 17.8. The van der Waals surface area contributed by atoms with Crippen molar-refractivity contribution < 1.29 is 4.39 Å². The van der Waals surface area contributed by atoms with Gasteiger partial charge in [0.25, 0.3) is 0 Å². The number of piperazine rings is 1. The van der Waals surface area contributed by atoms with Crippen molar-refractivity contribution in [2.45, 2.75) is 44.3 Å². The average Bonchev–Trinajstić information content (AvgIpc) is 3.50. The fraction of sp³-hybridized carbons (Fsp3) is 0.458. The first kappa shape index (κ1) is 20.3. The normalized spacial score (nSPS) is 19.6. The van der Waals surface area contributed by atoms with Gasteiger partial charge in [-0.25, -0.2) is 9.07 Å². The van der Waals surface area contributed by atoms with Gasteiger partial charge in [0.15, 0.2) is 5.82 Å². The number of aromatic nitrogens is 4. The van der Waals surface area contributed by atoms with Crippen molar-refractivity contribution in [1.29, 1.82) is 0 Å². The maximum atomic E-state index is 13.7. The molecule has 0 radical (unpaired) electrons. The minimum atomic E-state index is -0.225. The fourth-order valence-electron chi connectivity index (χ4n) is 5.07. The molecule has 0 unspecified atom stereocenters. The number of tetrazole rings is 1. The largest absolute Gasteiger partial charge is 0.298 e. The van der Waals surface area contributed by atoms with Crippen LogP contribution in [-0.2, 0) is 6.54 Å². The van der Waals surface area contributed by atoms with E-state index in [1.54, 1.807) is 0 Å². The van der Waals surface area contributed by atoms with Gasteiger partial charge in [-0.15, -0.1) is 5.10 Å². The second-order valence-corrected chi connectivity index (χ2v) is 8.64. The Balaban J connectivity index is 1.41. The van der Waals surface area contributed by atoms with E-state index in [2.05, 4.69) is 37.5 Å². The van der Waals surface area contributed by atoms with E-state index in [0.717, 1.165) is 49.2 Å². The molecule has 1 aromatic heterocycles. The maximum absolute atomic E-state index is 13.7. The van der Waals surface area contributed by atoms with Crippen molar-refractivity contribution in [3.63, 3.8) is 0 Å². The van der Waals surface area contributed by atoms with E-state index < -0.39 is 0 Å². The van der Waals surface area contributed by atoms with E-state index in [1.807, 2.05) is 35.0 Å². The molecule has 162 valence electrons. The summed E-state index contributed by atoms with van der Waals surface area (Å²) in [4.78, 5) is 5.10. The molecule has 0 N–H and O–H groups in total. The smallest absolute Gasteiger partial charge is 0.173 e. The Bertz CT molecular complexity index is 959. The second-order valence-electron chi connectivity index (χ2n) is 8.64. The Morgan fingerprint density at radius 2 is 1.61 bits per heavy atom. The van der Waals surface area contributed by atoms with Gasteiger partial charge in [0.2, 0.25) is 0 Å². The third-order valence-corrected chi connectivity index (χ3v) is 6.72. The van der Waals surface area contributed by atoms with Crippen molar-refractivity contribution in [3.8, 4) is 0 Å². The summed E-state index contributed by atoms with van der Waals surface area (Å²) in [6.45, 7) is 4.64. The van der Waals surface area contributed by atoms with Gasteiger partial charge in [-0.3, -0.25) is 9.80 Å². The molecule has 0 amide bonds. The van der Waals surface area contributed by atoms with E-state index in [4.69, 9.17) is 0 Å². The Kier molecular flexibility index (Phi) is 6.04. The number of hydrogen-bond acceptors (Lipinski definition) is 5. The van der Waals surface area contributed by atoms with Crippen LogP contribution in [0.5, 0.6) is 0 Å². The van der Waals surface area contributed by atoms with Crippen molar-refractivity contribution in [3.05, 3.63) is 77.4 Å². The van der Waals surface area contributed by atoms with E-state index in [9.17, 15) is 4.39 Å². The van der Waals surface area contributed by atoms with Crippen LogP contribution in [0.25, 0.3) is 0 Å². The summed E-state index contributed by atoms with van der Waals surface area (Å²) in [5.74, 6) is 0.585. The molecule has 0 bridgehead atoms. The van der Waals surface area contributed by atoms with Crippen LogP contribution in [-0.4, -0.2) is 62.2 Å². The summed E-state index contributed by atoms with van der Waals surface area (Å²) in [5, 5.41) is 12.7. The molecular formula is C24H29FN6. The highest BCUT2D eigenvalue weighted by Gasteiger charge is 2.33. The van der Waals surface area contributed by atoms with Gasteiger partial charge >= 0.3 is 0 Å². The fourth-order valence-corrected chi connectivity index (χ4v) is 5.07. The highest BCUT2D eigenvalue weighted by Crippen LogP contribution is 2.30. The van der Waals surface area contributed by atoms with Crippen LogP contribution >= 0.6 is 0 Å². The zero-order chi connectivity index (χ0) is 21.0. The van der Waals surface area contributed by atoms with Crippen LogP contribution in [0.15, 0.2) is 54.6 Å². The van der Waals surface area contributed by atoms with Crippen LogP contribution in [0.2, 0.25) is 0 Å². The van der Waals surface area contributed by atoms with Gasteiger partial charge in [-0.2, -0.15) is 0 Å². The van der Waals surface area contributed by atoms with Gasteiger partial charge in [0, 0.05) is 32.2 Å². The Hall–Kier alpha value is -2.64. The summed E-state index contributed by atoms with van der Waals surface area (Å²) < 4.78 is 15.5. The number of halogens is 1. The molecule has 1 saturated heterocycles. The van der Waals surface area contributed by atoms with E-state index in [-0.39, 0.29) is 11.9 Å². The number of benzene rings is 2. The van der Waals surface area contributed by atoms with Crippen LogP contribution in [0.3, 0.4) is 0 Å². The summed E-state index contributed by atoms with van der Waals surface area (Å²) in [5.41, 5.74) is 2.18. The second kappa shape index (κ2) is 9.24. The van der Waals surface area contributed by atoms with Crippen molar-refractivity contribution >= 4 is 0 Å². The molecule has 1 saturated carbocycles. The molecule has 7 heteroatoms. The third kappa shape index (κ3) is 4.52. The van der Waals surface area contributed by atoms with Crippen LogP contribution in [0.1, 0.15) is 48.7 Å². The monoisotopic (exact) mass is 420 g/mol. The minimum Gasteiger partial charge on any atom is -0.298 e. The van der Waals surface area contributed by atoms with Gasteiger partial charge in [-0.05, 0) is 46.5 Å². The summed E-state index contributed by atoms with van der Waals surface area (Å²) in [7, 11) is 0. The molecule has 2 aliphatic rings. The number of rotatable bonds is 6. The summed E-state index contributed by atoms with van der Waals surface area (Å²) in [6, 6.07) is 17.7. The van der Waals surface area contributed by atoms with Gasteiger partial charge in [-0.1, -0.05) is 55.3 Å². The molecule has 2 aromatic carbocycles. The first-order chi connectivity index (χ1) is 15.3. The van der Waals surface area contributed by atoms with Crippen molar-refractivity contribution in [1.82, 2.24) is 30.0 Å². The van der Waals surface area contributed by atoms with E-state index in [1.165, 1.54) is 37.8 Å². The highest BCUT2D eigenvalue weighted by atomic mass is 19.1. The predicted molar refractivity (Wildman–Crippen MR) is 117 cm³/mol. The first-order valence-corrected chi connectivity index (χ1v) is 11.3. The first-order valence-electron chi connectivity index (χ1n) is 11.3. The zero-order valence-corrected chi connectivity index (χ0v) is 17.8. The lowest BCUT2D eigenvalue weighted by molar-refractivity contribution is 0.0771. The van der Waals surface area contributed by atoms with Gasteiger partial charge in [0.05, 0.1) is 12.6 Å². The molecule has 5 rings (SSSR count). The molecule has 6 nitrogen and oxygen atoms in total. The summed E-state index contributed by atoms with van der Waals surface area (Å²) in [6.07, 6.45) is 5.38. The molecule has 1 aliphatic heterocycles. The predicted octanol–water partition coefficient (Wildman–Crippen LogP) is 3.51. The molecule has 2 heterocycles. The van der Waals surface area contributed by atoms with E-state index >= 15 is 0 Å². The lowest BCUT2D eigenvalue weighted by Crippen LogP contribution is -2.51. The van der Waals surface area contributed by atoms with Crippen molar-refractivity contribution in [2.75, 3.05) is 26.2 Å². The molecule has 31 heavy (non-hydrogen) atoms. The third-order valence-electron chi connectivity index (χ3n) is 6.72. The number of nitrogens with zero attached hydrogens (tertiary/aromatic N) is 6. The molecule has 1 aliphatic carbocycles. The highest BCUT2D eigenvalue weighted by molar-refractivity contribution is 5.26. The quantitative estimate of drug-likeness (QED) is 0.611. The molecule has 0 spiro atoms. The molecule has 1 atom stereocenters. The minimum absolute atomic E-state index is 0.0926. The molecule has 3 aromatic rings. The Morgan fingerprint density at radius 3 is 2.32 bits per heavy atom. The van der Waals surface area contributed by atoms with Crippen LogP contribution < -0.4 is 0 Å². The lowest BCUT2D eigenvalue weighted by Gasteiger charge is -2.41. The SMILES string of the molecule is Fc1ccc([C@H](c2nnnn2Cc2ccccc2)N2CCN(C3CCCC3)CC2)cc1. The van der Waals surface area contributed by atoms with Gasteiger partial charge < -0.3 is 0 Å². The van der Waals surface area contributed by atoms with E-state index in [0.29, 0.717) is 6.54 Å². The van der Waals surface area contributed by atoms with Crippen LogP contribution in [0.4, 0.5) is 4.39 Å². The number of hydrogen-bond donors (Lipinski definition) is 0. The standard InChI is InChI=1S/C24H29FN6/c25-21-12-10-20(11-13-21)23(30-16-14-29(15-17-30)22-8-4-5-9-22)24-26-27-28-31(24)18-19-6-2-1-3-7-19/h1-3,6-7,10-13,22-23H,4-5,8-9,14-18H2/t23-/m1/s1. The summed E-state index contributed by atoms with van der Waals surface area (Å²) >= 11 is 0. The van der Waals surface area contributed by atoms with Crippen LogP contribution in [0, 0.1) is 5.82 Å². The Morgan fingerprint density at radius 1 is 0.903 bits per heavy atom.